The Kier molecular flexibility index (Phi) is 5.56. The molecule has 1 aliphatic rings. The molecule has 1 aromatic heterocycles. The minimum atomic E-state index is -0.0479. The Morgan fingerprint density at radius 3 is 2.81 bits per heavy atom. The lowest BCUT2D eigenvalue weighted by atomic mass is 10.0. The summed E-state index contributed by atoms with van der Waals surface area (Å²) in [5.74, 6) is 0.764. The first-order valence-electron chi connectivity index (χ1n) is 7.66. The van der Waals surface area contributed by atoms with E-state index in [-0.39, 0.29) is 11.3 Å². The molecule has 1 heterocycles. The number of anilines is 1. The van der Waals surface area contributed by atoms with Gasteiger partial charge in [0.1, 0.15) is 5.82 Å². The van der Waals surface area contributed by atoms with Crippen LogP contribution in [0.15, 0.2) is 18.3 Å². The van der Waals surface area contributed by atoms with Gasteiger partial charge in [-0.15, -0.1) is 0 Å². The number of carbonyl (C=O) groups excluding carboxylic acids is 1. The van der Waals surface area contributed by atoms with Gasteiger partial charge in [-0.1, -0.05) is 6.92 Å². The third kappa shape index (κ3) is 4.70. The highest BCUT2D eigenvalue weighted by Gasteiger charge is 2.42. The monoisotopic (exact) mass is 291 g/mol. The van der Waals surface area contributed by atoms with Gasteiger partial charge in [0, 0.05) is 33.0 Å². The summed E-state index contributed by atoms with van der Waals surface area (Å²) in [7, 11) is 1.72. The van der Waals surface area contributed by atoms with E-state index < -0.39 is 0 Å². The molecule has 116 valence electrons. The first-order valence-corrected chi connectivity index (χ1v) is 7.66. The van der Waals surface area contributed by atoms with Gasteiger partial charge in [0.15, 0.2) is 0 Å². The van der Waals surface area contributed by atoms with Gasteiger partial charge in [0.05, 0.1) is 5.56 Å². The van der Waals surface area contributed by atoms with Crippen LogP contribution < -0.4 is 10.6 Å². The maximum absolute atomic E-state index is 12.1. The molecule has 0 spiro atoms. The predicted molar refractivity (Wildman–Crippen MR) is 83.5 cm³/mol. The van der Waals surface area contributed by atoms with Crippen molar-refractivity contribution < 1.29 is 9.53 Å². The number of rotatable bonds is 9. The average Bonchev–Trinajstić information content (AvgIpc) is 3.29. The minimum absolute atomic E-state index is 0.0479. The fourth-order valence-electron chi connectivity index (χ4n) is 2.27. The Bertz CT molecular complexity index is 455. The molecule has 5 nitrogen and oxygen atoms in total. The number of amides is 1. The van der Waals surface area contributed by atoms with Crippen LogP contribution >= 0.6 is 0 Å². The fourth-order valence-corrected chi connectivity index (χ4v) is 2.27. The predicted octanol–water partition coefficient (Wildman–Crippen LogP) is 2.45. The highest BCUT2D eigenvalue weighted by molar-refractivity contribution is 5.94. The highest BCUT2D eigenvalue weighted by Crippen LogP contribution is 2.48. The summed E-state index contributed by atoms with van der Waals surface area (Å²) in [6, 6.07) is 3.66. The summed E-state index contributed by atoms with van der Waals surface area (Å²) in [6.07, 6.45) is 6.04. The molecule has 0 bridgehead atoms. The molecule has 0 atom stereocenters. The van der Waals surface area contributed by atoms with E-state index in [1.807, 2.05) is 12.1 Å². The van der Waals surface area contributed by atoms with Gasteiger partial charge in [-0.05, 0) is 43.2 Å². The van der Waals surface area contributed by atoms with Gasteiger partial charge >= 0.3 is 0 Å². The van der Waals surface area contributed by atoms with E-state index in [1.54, 1.807) is 13.3 Å². The lowest BCUT2D eigenvalue weighted by molar-refractivity contribution is 0.0937. The van der Waals surface area contributed by atoms with E-state index in [2.05, 4.69) is 22.5 Å². The van der Waals surface area contributed by atoms with Crippen LogP contribution in [0.5, 0.6) is 0 Å². The SMILES string of the molecule is CCCNc1ccc(C(=O)NCC2(CCOC)CC2)cn1. The van der Waals surface area contributed by atoms with Crippen molar-refractivity contribution >= 4 is 11.7 Å². The first-order chi connectivity index (χ1) is 10.2. The molecule has 21 heavy (non-hydrogen) atoms. The van der Waals surface area contributed by atoms with Gasteiger partial charge in [0.25, 0.3) is 5.91 Å². The van der Waals surface area contributed by atoms with E-state index >= 15 is 0 Å². The third-order valence-corrected chi connectivity index (χ3v) is 4.00. The zero-order chi connectivity index (χ0) is 15.1. The van der Waals surface area contributed by atoms with E-state index in [4.69, 9.17) is 4.74 Å². The molecule has 0 unspecified atom stereocenters. The number of nitrogens with zero attached hydrogens (tertiary/aromatic N) is 1. The van der Waals surface area contributed by atoms with Crippen molar-refractivity contribution in [1.82, 2.24) is 10.3 Å². The summed E-state index contributed by atoms with van der Waals surface area (Å²) in [5.41, 5.74) is 0.876. The zero-order valence-corrected chi connectivity index (χ0v) is 12.9. The number of pyridine rings is 1. The molecule has 1 amide bonds. The van der Waals surface area contributed by atoms with Crippen LogP contribution in [0.1, 0.15) is 43.0 Å². The standard InChI is InChI=1S/C16H25N3O2/c1-3-9-17-14-5-4-13(11-18-14)15(20)19-12-16(6-7-16)8-10-21-2/h4-5,11H,3,6-10,12H2,1-2H3,(H,17,18)(H,19,20). The first kappa shape index (κ1) is 15.8. The van der Waals surface area contributed by atoms with E-state index in [1.165, 1.54) is 12.8 Å². The largest absolute Gasteiger partial charge is 0.385 e. The smallest absolute Gasteiger partial charge is 0.252 e. The molecular weight excluding hydrogens is 266 g/mol. The number of carbonyl (C=O) groups is 1. The van der Waals surface area contributed by atoms with Crippen LogP contribution in [0.25, 0.3) is 0 Å². The van der Waals surface area contributed by atoms with Crippen molar-refractivity contribution in [2.45, 2.75) is 32.6 Å². The Hall–Kier alpha value is -1.62. The van der Waals surface area contributed by atoms with Crippen molar-refractivity contribution in [2.75, 3.05) is 32.1 Å². The van der Waals surface area contributed by atoms with E-state index in [9.17, 15) is 4.79 Å². The topological polar surface area (TPSA) is 63.2 Å². The van der Waals surface area contributed by atoms with Crippen LogP contribution in [0, 0.1) is 5.41 Å². The van der Waals surface area contributed by atoms with E-state index in [0.717, 1.165) is 38.4 Å². The lowest BCUT2D eigenvalue weighted by Gasteiger charge is -2.15. The number of ether oxygens (including phenoxy) is 1. The van der Waals surface area contributed by atoms with Crippen LogP contribution in [-0.2, 0) is 4.74 Å². The van der Waals surface area contributed by atoms with Crippen LogP contribution in [0.2, 0.25) is 0 Å². The van der Waals surface area contributed by atoms with Crippen molar-refractivity contribution in [3.8, 4) is 0 Å². The molecule has 2 rings (SSSR count). The molecule has 0 aliphatic heterocycles. The second-order valence-corrected chi connectivity index (χ2v) is 5.78. The summed E-state index contributed by atoms with van der Waals surface area (Å²) >= 11 is 0. The van der Waals surface area contributed by atoms with Gasteiger partial charge in [-0.2, -0.15) is 0 Å². The molecule has 1 saturated carbocycles. The Balaban J connectivity index is 1.80. The maximum atomic E-state index is 12.1. The minimum Gasteiger partial charge on any atom is -0.385 e. The summed E-state index contributed by atoms with van der Waals surface area (Å²) in [4.78, 5) is 16.4. The number of hydrogen-bond acceptors (Lipinski definition) is 4. The molecule has 1 aromatic rings. The van der Waals surface area contributed by atoms with Gasteiger partial charge in [0.2, 0.25) is 0 Å². The fraction of sp³-hybridized carbons (Fsp3) is 0.625. The van der Waals surface area contributed by atoms with Crippen molar-refractivity contribution in [2.24, 2.45) is 5.41 Å². The van der Waals surface area contributed by atoms with Gasteiger partial charge in [-0.25, -0.2) is 4.98 Å². The number of nitrogens with one attached hydrogen (secondary N) is 2. The van der Waals surface area contributed by atoms with Crippen LogP contribution in [-0.4, -0.2) is 37.7 Å². The van der Waals surface area contributed by atoms with Crippen molar-refractivity contribution in [3.05, 3.63) is 23.9 Å². The molecule has 1 fully saturated rings. The van der Waals surface area contributed by atoms with Crippen molar-refractivity contribution in [3.63, 3.8) is 0 Å². The Labute approximate surface area is 126 Å². The zero-order valence-electron chi connectivity index (χ0n) is 12.9. The number of hydrogen-bond donors (Lipinski definition) is 2. The van der Waals surface area contributed by atoms with Crippen LogP contribution in [0.3, 0.4) is 0 Å². The average molecular weight is 291 g/mol. The third-order valence-electron chi connectivity index (χ3n) is 4.00. The Morgan fingerprint density at radius 2 is 2.24 bits per heavy atom. The second kappa shape index (κ2) is 7.41. The van der Waals surface area contributed by atoms with E-state index in [0.29, 0.717) is 5.56 Å². The summed E-state index contributed by atoms with van der Waals surface area (Å²) in [5, 5.41) is 6.21. The highest BCUT2D eigenvalue weighted by atomic mass is 16.5. The number of methoxy groups -OCH3 is 1. The maximum Gasteiger partial charge on any atom is 0.252 e. The summed E-state index contributed by atoms with van der Waals surface area (Å²) in [6.45, 7) is 4.48. The lowest BCUT2D eigenvalue weighted by Crippen LogP contribution is -2.30. The number of aromatic nitrogens is 1. The molecular formula is C16H25N3O2. The van der Waals surface area contributed by atoms with Crippen molar-refractivity contribution in [1.29, 1.82) is 0 Å². The normalized spacial score (nSPS) is 15.5. The molecule has 1 aliphatic carbocycles. The molecule has 5 heteroatoms. The molecule has 2 N–H and O–H groups in total. The summed E-state index contributed by atoms with van der Waals surface area (Å²) < 4.78 is 5.12. The van der Waals surface area contributed by atoms with Crippen LogP contribution in [0.4, 0.5) is 5.82 Å². The molecule has 0 radical (unpaired) electrons. The molecule has 0 saturated heterocycles. The second-order valence-electron chi connectivity index (χ2n) is 5.78. The quantitative estimate of drug-likeness (QED) is 0.733. The molecule has 0 aromatic carbocycles. The van der Waals surface area contributed by atoms with Gasteiger partial charge < -0.3 is 15.4 Å². The Morgan fingerprint density at radius 1 is 1.43 bits per heavy atom. The van der Waals surface area contributed by atoms with Gasteiger partial charge in [-0.3, -0.25) is 4.79 Å².